The number of cyclic esters (lactones) is 1. The van der Waals surface area contributed by atoms with Gasteiger partial charge in [0.25, 0.3) is 5.91 Å². The minimum atomic E-state index is -0.416. The van der Waals surface area contributed by atoms with Gasteiger partial charge in [0.05, 0.1) is 20.2 Å². The number of benzene rings is 2. The number of hydrogen-bond acceptors (Lipinski definition) is 4. The molecular weight excluding hydrogens is 320 g/mol. The first-order chi connectivity index (χ1) is 12.1. The lowest BCUT2D eigenvalue weighted by atomic mass is 10.1. The van der Waals surface area contributed by atoms with Gasteiger partial charge in [0.1, 0.15) is 11.9 Å². The van der Waals surface area contributed by atoms with Crippen molar-refractivity contribution in [1.82, 2.24) is 5.32 Å². The molecule has 1 heterocycles. The van der Waals surface area contributed by atoms with Crippen molar-refractivity contribution in [2.24, 2.45) is 0 Å². The molecule has 0 spiro atoms. The third-order valence-corrected chi connectivity index (χ3v) is 4.14. The maximum absolute atomic E-state index is 12.2. The normalized spacial score (nSPS) is 16.5. The summed E-state index contributed by atoms with van der Waals surface area (Å²) in [5.41, 5.74) is 2.26. The monoisotopic (exact) mass is 340 g/mol. The molecule has 1 unspecified atom stereocenters. The zero-order valence-electron chi connectivity index (χ0n) is 14.2. The summed E-state index contributed by atoms with van der Waals surface area (Å²) in [6.45, 7) is 2.54. The van der Waals surface area contributed by atoms with Gasteiger partial charge in [0.15, 0.2) is 0 Å². The van der Waals surface area contributed by atoms with Crippen LogP contribution >= 0.6 is 0 Å². The van der Waals surface area contributed by atoms with Crippen LogP contribution in [0.1, 0.15) is 15.9 Å². The predicted molar refractivity (Wildman–Crippen MR) is 94.1 cm³/mol. The summed E-state index contributed by atoms with van der Waals surface area (Å²) in [5, 5.41) is 2.83. The van der Waals surface area contributed by atoms with Gasteiger partial charge in [0, 0.05) is 11.3 Å². The molecule has 0 radical (unpaired) electrons. The van der Waals surface area contributed by atoms with E-state index in [1.807, 2.05) is 25.1 Å². The number of carbonyl (C=O) groups excluding carboxylic acids is 2. The van der Waals surface area contributed by atoms with Crippen LogP contribution in [0, 0.1) is 6.92 Å². The summed E-state index contributed by atoms with van der Waals surface area (Å²) in [7, 11) is 1.59. The lowest BCUT2D eigenvalue weighted by Crippen LogP contribution is -2.34. The first-order valence-electron chi connectivity index (χ1n) is 8.04. The van der Waals surface area contributed by atoms with Crippen molar-refractivity contribution >= 4 is 17.7 Å². The quantitative estimate of drug-likeness (QED) is 0.909. The molecule has 130 valence electrons. The molecule has 0 aliphatic carbocycles. The van der Waals surface area contributed by atoms with Crippen molar-refractivity contribution in [2.75, 3.05) is 25.1 Å². The number of hydrogen-bond donors (Lipinski definition) is 1. The van der Waals surface area contributed by atoms with Crippen molar-refractivity contribution in [3.8, 4) is 5.75 Å². The smallest absolute Gasteiger partial charge is 0.414 e. The van der Waals surface area contributed by atoms with Gasteiger partial charge < -0.3 is 14.8 Å². The highest BCUT2D eigenvalue weighted by Crippen LogP contribution is 2.24. The Bertz CT molecular complexity index is 773. The zero-order valence-corrected chi connectivity index (χ0v) is 14.2. The van der Waals surface area contributed by atoms with Crippen molar-refractivity contribution in [2.45, 2.75) is 13.0 Å². The Morgan fingerprint density at radius 1 is 1.24 bits per heavy atom. The SMILES string of the molecule is COc1ccc(N2CC(CNC(=O)c3ccccc3C)OC2=O)cc1. The molecule has 0 saturated carbocycles. The Kier molecular flexibility index (Phi) is 4.88. The molecule has 1 N–H and O–H groups in total. The Morgan fingerprint density at radius 3 is 2.64 bits per heavy atom. The van der Waals surface area contributed by atoms with Crippen LogP contribution in [0.2, 0.25) is 0 Å². The Balaban J connectivity index is 1.59. The van der Waals surface area contributed by atoms with E-state index in [1.165, 1.54) is 0 Å². The fraction of sp³-hybridized carbons (Fsp3) is 0.263. The fourth-order valence-corrected chi connectivity index (χ4v) is 2.73. The lowest BCUT2D eigenvalue weighted by Gasteiger charge is -2.13. The molecule has 1 saturated heterocycles. The average molecular weight is 340 g/mol. The van der Waals surface area contributed by atoms with Crippen molar-refractivity contribution < 1.29 is 19.1 Å². The number of ether oxygens (including phenoxy) is 2. The molecule has 0 bridgehead atoms. The van der Waals surface area contributed by atoms with Crippen LogP contribution in [0.4, 0.5) is 10.5 Å². The van der Waals surface area contributed by atoms with Gasteiger partial charge in [-0.1, -0.05) is 18.2 Å². The van der Waals surface area contributed by atoms with Crippen LogP contribution in [0.3, 0.4) is 0 Å². The minimum absolute atomic E-state index is 0.169. The van der Waals surface area contributed by atoms with Gasteiger partial charge in [-0.2, -0.15) is 0 Å². The first kappa shape index (κ1) is 16.8. The molecule has 6 heteroatoms. The fourth-order valence-electron chi connectivity index (χ4n) is 2.73. The third-order valence-electron chi connectivity index (χ3n) is 4.14. The van der Waals surface area contributed by atoms with E-state index in [2.05, 4.69) is 5.32 Å². The molecule has 2 aromatic rings. The van der Waals surface area contributed by atoms with Crippen LogP contribution in [0.25, 0.3) is 0 Å². The molecule has 1 fully saturated rings. The molecular formula is C19H20N2O4. The molecule has 2 aromatic carbocycles. The van der Waals surface area contributed by atoms with Crippen LogP contribution < -0.4 is 15.0 Å². The summed E-state index contributed by atoms with van der Waals surface area (Å²) in [6.07, 6.45) is -0.803. The molecule has 1 atom stereocenters. The number of carbonyl (C=O) groups is 2. The molecule has 25 heavy (non-hydrogen) atoms. The largest absolute Gasteiger partial charge is 0.497 e. The summed E-state index contributed by atoms with van der Waals surface area (Å²) >= 11 is 0. The van der Waals surface area contributed by atoms with E-state index < -0.39 is 6.09 Å². The van der Waals surface area contributed by atoms with Crippen LogP contribution in [-0.2, 0) is 4.74 Å². The number of methoxy groups -OCH3 is 1. The summed E-state index contributed by atoms with van der Waals surface area (Å²) in [5.74, 6) is 0.551. The highest BCUT2D eigenvalue weighted by atomic mass is 16.6. The second kappa shape index (κ2) is 7.25. The second-order valence-electron chi connectivity index (χ2n) is 5.84. The number of aryl methyl sites for hydroxylation is 1. The maximum atomic E-state index is 12.2. The van der Waals surface area contributed by atoms with Gasteiger partial charge in [-0.15, -0.1) is 0 Å². The standard InChI is InChI=1S/C19H20N2O4/c1-13-5-3-4-6-17(13)18(22)20-11-16-12-21(19(23)25-16)14-7-9-15(24-2)10-8-14/h3-10,16H,11-12H2,1-2H3,(H,20,22). The maximum Gasteiger partial charge on any atom is 0.414 e. The molecule has 6 nitrogen and oxygen atoms in total. The number of nitrogens with one attached hydrogen (secondary N) is 1. The van der Waals surface area contributed by atoms with Crippen LogP contribution in [0.5, 0.6) is 5.75 Å². The van der Waals surface area contributed by atoms with Gasteiger partial charge in [-0.25, -0.2) is 4.79 Å². The Hall–Kier alpha value is -3.02. The van der Waals surface area contributed by atoms with Gasteiger partial charge in [-0.05, 0) is 42.8 Å². The van der Waals surface area contributed by atoms with Crippen LogP contribution in [0.15, 0.2) is 48.5 Å². The van der Waals surface area contributed by atoms with E-state index in [0.717, 1.165) is 17.0 Å². The zero-order chi connectivity index (χ0) is 17.8. The van der Waals surface area contributed by atoms with E-state index in [1.54, 1.807) is 42.3 Å². The minimum Gasteiger partial charge on any atom is -0.497 e. The van der Waals surface area contributed by atoms with Crippen molar-refractivity contribution in [1.29, 1.82) is 0 Å². The first-order valence-corrected chi connectivity index (χ1v) is 8.04. The highest BCUT2D eigenvalue weighted by molar-refractivity contribution is 5.95. The number of nitrogens with zero attached hydrogens (tertiary/aromatic N) is 1. The predicted octanol–water partition coefficient (Wildman–Crippen LogP) is 2.76. The molecule has 1 aliphatic heterocycles. The molecule has 0 aromatic heterocycles. The van der Waals surface area contributed by atoms with E-state index in [-0.39, 0.29) is 18.6 Å². The number of anilines is 1. The van der Waals surface area contributed by atoms with Crippen LogP contribution in [-0.4, -0.2) is 38.3 Å². The Labute approximate surface area is 146 Å². The van der Waals surface area contributed by atoms with Gasteiger partial charge in [0.2, 0.25) is 0 Å². The third kappa shape index (κ3) is 3.74. The van der Waals surface area contributed by atoms with E-state index in [9.17, 15) is 9.59 Å². The number of amides is 2. The van der Waals surface area contributed by atoms with Crippen molar-refractivity contribution in [3.63, 3.8) is 0 Å². The Morgan fingerprint density at radius 2 is 1.96 bits per heavy atom. The second-order valence-corrected chi connectivity index (χ2v) is 5.84. The van der Waals surface area contributed by atoms with E-state index in [0.29, 0.717) is 12.1 Å². The topological polar surface area (TPSA) is 67.9 Å². The lowest BCUT2D eigenvalue weighted by molar-refractivity contribution is 0.0915. The van der Waals surface area contributed by atoms with E-state index in [4.69, 9.17) is 9.47 Å². The average Bonchev–Trinajstić information content (AvgIpc) is 3.01. The highest BCUT2D eigenvalue weighted by Gasteiger charge is 2.32. The summed E-state index contributed by atoms with van der Waals surface area (Å²) in [4.78, 5) is 25.9. The molecule has 2 amide bonds. The summed E-state index contributed by atoms with van der Waals surface area (Å²) < 4.78 is 10.5. The van der Waals surface area contributed by atoms with E-state index >= 15 is 0 Å². The van der Waals surface area contributed by atoms with Gasteiger partial charge >= 0.3 is 6.09 Å². The molecule has 3 rings (SSSR count). The van der Waals surface area contributed by atoms with Gasteiger partial charge in [-0.3, -0.25) is 9.69 Å². The number of rotatable bonds is 5. The molecule has 1 aliphatic rings. The van der Waals surface area contributed by atoms with Crippen molar-refractivity contribution in [3.05, 3.63) is 59.7 Å². The summed E-state index contributed by atoms with van der Waals surface area (Å²) in [6, 6.07) is 14.5.